The highest BCUT2D eigenvalue weighted by Crippen LogP contribution is 2.26. The predicted molar refractivity (Wildman–Crippen MR) is 84.3 cm³/mol. The molecule has 0 spiro atoms. The number of hydrogen-bond donors (Lipinski definition) is 1. The number of anilines is 1. The zero-order chi connectivity index (χ0) is 13.5. The molecule has 1 unspecified atom stereocenters. The van der Waals surface area contributed by atoms with Gasteiger partial charge in [-0.2, -0.15) is 0 Å². The minimum absolute atomic E-state index is 0.254. The van der Waals surface area contributed by atoms with E-state index in [0.29, 0.717) is 0 Å². The predicted octanol–water partition coefficient (Wildman–Crippen LogP) is 3.97. The van der Waals surface area contributed by atoms with Crippen molar-refractivity contribution < 1.29 is 0 Å². The van der Waals surface area contributed by atoms with E-state index < -0.39 is 0 Å². The van der Waals surface area contributed by atoms with E-state index in [2.05, 4.69) is 59.9 Å². The van der Waals surface area contributed by atoms with Crippen LogP contribution in [0.1, 0.15) is 38.7 Å². The molecule has 0 aromatic heterocycles. The number of hydrogen-bond acceptors (Lipinski definition) is 2. The molecule has 0 aliphatic carbocycles. The van der Waals surface area contributed by atoms with Crippen molar-refractivity contribution in [3.05, 3.63) is 28.2 Å². The van der Waals surface area contributed by atoms with E-state index in [4.69, 9.17) is 5.73 Å². The van der Waals surface area contributed by atoms with Crippen molar-refractivity contribution in [3.8, 4) is 0 Å². The molecule has 0 amide bonds. The second-order valence-corrected chi connectivity index (χ2v) is 5.84. The van der Waals surface area contributed by atoms with Gasteiger partial charge in [-0.1, -0.05) is 42.3 Å². The van der Waals surface area contributed by atoms with Gasteiger partial charge in [0.1, 0.15) is 0 Å². The molecule has 0 radical (unpaired) electrons. The number of rotatable bonds is 7. The fourth-order valence-corrected chi connectivity index (χ4v) is 2.36. The summed E-state index contributed by atoms with van der Waals surface area (Å²) in [6, 6.07) is 6.75. The summed E-state index contributed by atoms with van der Waals surface area (Å²) >= 11 is 3.56. The summed E-state index contributed by atoms with van der Waals surface area (Å²) < 4.78 is 1.13. The first-order valence-electron chi connectivity index (χ1n) is 6.83. The van der Waals surface area contributed by atoms with E-state index in [0.717, 1.165) is 23.9 Å². The van der Waals surface area contributed by atoms with Crippen LogP contribution in [0.25, 0.3) is 0 Å². The van der Waals surface area contributed by atoms with Crippen LogP contribution in [0.15, 0.2) is 22.7 Å². The summed E-state index contributed by atoms with van der Waals surface area (Å²) in [5.41, 5.74) is 8.74. The molecule has 1 aromatic carbocycles. The first kappa shape index (κ1) is 15.5. The first-order valence-corrected chi connectivity index (χ1v) is 7.62. The van der Waals surface area contributed by atoms with Crippen LogP contribution in [-0.2, 0) is 6.42 Å². The highest BCUT2D eigenvalue weighted by atomic mass is 79.9. The lowest BCUT2D eigenvalue weighted by molar-refractivity contribution is 0.644. The van der Waals surface area contributed by atoms with E-state index in [1.165, 1.54) is 24.1 Å². The Kier molecular flexibility index (Phi) is 6.72. The Morgan fingerprint density at radius 3 is 2.67 bits per heavy atom. The maximum Gasteiger partial charge on any atom is 0.0408 e. The molecule has 0 bridgehead atoms. The van der Waals surface area contributed by atoms with Crippen molar-refractivity contribution >= 4 is 21.6 Å². The van der Waals surface area contributed by atoms with Crippen LogP contribution in [0.2, 0.25) is 0 Å². The molecule has 18 heavy (non-hydrogen) atoms. The lowest BCUT2D eigenvalue weighted by atomic mass is 10.0. The van der Waals surface area contributed by atoms with E-state index in [1.807, 2.05) is 0 Å². The van der Waals surface area contributed by atoms with Gasteiger partial charge in [-0.15, -0.1) is 0 Å². The number of unbranched alkanes of at least 4 members (excludes halogenated alkanes) is 1. The number of benzene rings is 1. The maximum absolute atomic E-state index is 6.08. The van der Waals surface area contributed by atoms with Gasteiger partial charge in [0.15, 0.2) is 0 Å². The van der Waals surface area contributed by atoms with Gasteiger partial charge in [0.05, 0.1) is 0 Å². The SMILES string of the molecule is CCCCN(C)c1cc(Br)ccc1CC(N)CC. The van der Waals surface area contributed by atoms with Crippen molar-refractivity contribution in [3.63, 3.8) is 0 Å². The smallest absolute Gasteiger partial charge is 0.0408 e. The summed E-state index contributed by atoms with van der Waals surface area (Å²) in [5.74, 6) is 0. The molecule has 1 aromatic rings. The summed E-state index contributed by atoms with van der Waals surface area (Å²) in [4.78, 5) is 2.34. The molecular formula is C15H25BrN2. The number of nitrogens with zero attached hydrogens (tertiary/aromatic N) is 1. The lowest BCUT2D eigenvalue weighted by Crippen LogP contribution is -2.25. The minimum Gasteiger partial charge on any atom is -0.374 e. The van der Waals surface area contributed by atoms with E-state index >= 15 is 0 Å². The normalized spacial score (nSPS) is 12.5. The molecule has 0 aliphatic heterocycles. The number of nitrogens with two attached hydrogens (primary N) is 1. The topological polar surface area (TPSA) is 29.3 Å². The summed E-state index contributed by atoms with van der Waals surface area (Å²) in [5, 5.41) is 0. The number of halogens is 1. The van der Waals surface area contributed by atoms with Crippen molar-refractivity contribution in [1.82, 2.24) is 0 Å². The molecular weight excluding hydrogens is 288 g/mol. The van der Waals surface area contributed by atoms with Gasteiger partial charge in [0.25, 0.3) is 0 Å². The van der Waals surface area contributed by atoms with Crippen LogP contribution in [0.5, 0.6) is 0 Å². The molecule has 0 saturated carbocycles. The van der Waals surface area contributed by atoms with Crippen molar-refractivity contribution in [2.45, 2.75) is 45.6 Å². The van der Waals surface area contributed by atoms with Crippen molar-refractivity contribution in [2.75, 3.05) is 18.5 Å². The van der Waals surface area contributed by atoms with Crippen LogP contribution in [0, 0.1) is 0 Å². The average Bonchev–Trinajstić information content (AvgIpc) is 2.37. The zero-order valence-corrected chi connectivity index (χ0v) is 13.3. The standard InChI is InChI=1S/C15H25BrN2/c1-4-6-9-18(3)15-11-13(16)8-7-12(15)10-14(17)5-2/h7-8,11,14H,4-6,9-10,17H2,1-3H3. The third-order valence-corrected chi connectivity index (χ3v) is 3.81. The monoisotopic (exact) mass is 312 g/mol. The van der Waals surface area contributed by atoms with E-state index in [1.54, 1.807) is 0 Å². The zero-order valence-electron chi connectivity index (χ0n) is 11.7. The molecule has 0 saturated heterocycles. The summed E-state index contributed by atoms with van der Waals surface area (Å²) in [7, 11) is 2.17. The fraction of sp³-hybridized carbons (Fsp3) is 0.600. The fourth-order valence-electron chi connectivity index (χ4n) is 2.01. The Morgan fingerprint density at radius 2 is 2.06 bits per heavy atom. The Hall–Kier alpha value is -0.540. The largest absolute Gasteiger partial charge is 0.374 e. The van der Waals surface area contributed by atoms with E-state index in [9.17, 15) is 0 Å². The quantitative estimate of drug-likeness (QED) is 0.825. The Bertz CT molecular complexity index is 366. The van der Waals surface area contributed by atoms with Crippen molar-refractivity contribution in [1.29, 1.82) is 0 Å². The van der Waals surface area contributed by atoms with E-state index in [-0.39, 0.29) is 6.04 Å². The van der Waals surface area contributed by atoms with Gasteiger partial charge >= 0.3 is 0 Å². The van der Waals surface area contributed by atoms with Crippen LogP contribution < -0.4 is 10.6 Å². The molecule has 0 aliphatic rings. The van der Waals surface area contributed by atoms with Crippen molar-refractivity contribution in [2.24, 2.45) is 5.73 Å². The van der Waals surface area contributed by atoms with Crippen LogP contribution in [-0.4, -0.2) is 19.6 Å². The lowest BCUT2D eigenvalue weighted by Gasteiger charge is -2.24. The first-order chi connectivity index (χ1) is 8.58. The van der Waals surface area contributed by atoms with Gasteiger partial charge in [-0.25, -0.2) is 0 Å². The third-order valence-electron chi connectivity index (χ3n) is 3.31. The molecule has 1 rings (SSSR count). The Balaban J connectivity index is 2.88. The summed E-state index contributed by atoms with van der Waals surface area (Å²) in [6.45, 7) is 5.47. The van der Waals surface area contributed by atoms with Gasteiger partial charge in [-0.05, 0) is 37.0 Å². The molecule has 3 heteroatoms. The van der Waals surface area contributed by atoms with Gasteiger partial charge < -0.3 is 10.6 Å². The molecule has 2 N–H and O–H groups in total. The second kappa shape index (κ2) is 7.80. The van der Waals surface area contributed by atoms with Gasteiger partial charge in [0.2, 0.25) is 0 Å². The average molecular weight is 313 g/mol. The van der Waals surface area contributed by atoms with Gasteiger partial charge in [-0.3, -0.25) is 0 Å². The van der Waals surface area contributed by atoms with Crippen LogP contribution in [0.4, 0.5) is 5.69 Å². The molecule has 2 nitrogen and oxygen atoms in total. The van der Waals surface area contributed by atoms with Crippen LogP contribution >= 0.6 is 15.9 Å². The molecule has 0 heterocycles. The molecule has 1 atom stereocenters. The summed E-state index contributed by atoms with van der Waals surface area (Å²) in [6.07, 6.45) is 4.42. The second-order valence-electron chi connectivity index (χ2n) is 4.92. The Labute approximate surface area is 120 Å². The van der Waals surface area contributed by atoms with Gasteiger partial charge in [0, 0.05) is 29.8 Å². The van der Waals surface area contributed by atoms with Crippen LogP contribution in [0.3, 0.4) is 0 Å². The minimum atomic E-state index is 0.254. The molecule has 102 valence electrons. The molecule has 0 fully saturated rings. The highest BCUT2D eigenvalue weighted by molar-refractivity contribution is 9.10. The third kappa shape index (κ3) is 4.62. The Morgan fingerprint density at radius 1 is 1.33 bits per heavy atom. The maximum atomic E-state index is 6.08. The highest BCUT2D eigenvalue weighted by Gasteiger charge is 2.10.